The number of hydrogen-bond acceptors (Lipinski definition) is 6. The number of rotatable bonds is 10. The van der Waals surface area contributed by atoms with Crippen LogP contribution >= 0.6 is 0 Å². The first-order chi connectivity index (χ1) is 38.7. The molecule has 0 bridgehead atoms. The van der Waals surface area contributed by atoms with Gasteiger partial charge in [-0.15, -0.1) is 0 Å². The molecule has 0 atom stereocenters. The minimum atomic E-state index is -0.0205. The van der Waals surface area contributed by atoms with Crippen LogP contribution in [0.2, 0.25) is 0 Å². The molecule has 0 saturated heterocycles. The van der Waals surface area contributed by atoms with Crippen molar-refractivity contribution in [3.8, 4) is 0 Å². The van der Waals surface area contributed by atoms with Gasteiger partial charge in [0.15, 0.2) is 0 Å². The van der Waals surface area contributed by atoms with Gasteiger partial charge in [0.05, 0.1) is 0 Å². The molecule has 4 saturated carbocycles. The Morgan fingerprint density at radius 2 is 0.551 bits per heavy atom. The number of hydrogen-bond donors (Lipinski definition) is 0. The Bertz CT molecular complexity index is 3530. The van der Waals surface area contributed by atoms with Crippen molar-refractivity contribution in [2.45, 2.75) is 101 Å². The predicted molar refractivity (Wildman–Crippen MR) is 330 cm³/mol. The SMILES string of the molecule is c1ccc(N2c3ccccc3B3c4cc5c(cc4N(c4ccccc4)c4cc(N(C6CCC6)C6CCC6)cc2c43)N(c2ccccc2)c2cc(N(C3CCC3)C3CCC3)cc3c2B5c2ccccc2N3c2ccccc2)cc1. The summed E-state index contributed by atoms with van der Waals surface area (Å²) in [5.74, 6) is 0. The van der Waals surface area contributed by atoms with Crippen molar-refractivity contribution < 1.29 is 0 Å². The van der Waals surface area contributed by atoms with Gasteiger partial charge in [-0.25, -0.2) is 0 Å². The predicted octanol–water partition coefficient (Wildman–Crippen LogP) is 13.7. The highest BCUT2D eigenvalue weighted by atomic mass is 15.3. The summed E-state index contributed by atoms with van der Waals surface area (Å²) >= 11 is 0. The molecule has 6 nitrogen and oxygen atoms in total. The van der Waals surface area contributed by atoms with Crippen LogP contribution in [-0.4, -0.2) is 37.6 Å². The molecule has 0 unspecified atom stereocenters. The molecular formula is C70H62B2N6. The normalized spacial score (nSPS) is 17.8. The van der Waals surface area contributed by atoms with Gasteiger partial charge in [0.1, 0.15) is 0 Å². The average molecular weight is 1010 g/mol. The Balaban J connectivity index is 0.976. The molecule has 17 rings (SSSR count). The first-order valence-corrected chi connectivity index (χ1v) is 29.4. The van der Waals surface area contributed by atoms with Crippen LogP contribution in [0.5, 0.6) is 0 Å². The lowest BCUT2D eigenvalue weighted by Gasteiger charge is -2.51. The van der Waals surface area contributed by atoms with E-state index in [1.54, 1.807) is 0 Å². The third-order valence-corrected chi connectivity index (χ3v) is 19.6. The molecule has 4 aliphatic heterocycles. The second-order valence-electron chi connectivity index (χ2n) is 23.6. The van der Waals surface area contributed by atoms with Crippen LogP contribution in [0, 0.1) is 0 Å². The average Bonchev–Trinajstić information content (AvgIpc) is 1.85. The largest absolute Gasteiger partial charge is 0.365 e. The number of benzene rings is 9. The highest BCUT2D eigenvalue weighted by molar-refractivity contribution is 7.03. The lowest BCUT2D eigenvalue weighted by atomic mass is 9.30. The van der Waals surface area contributed by atoms with Crippen molar-refractivity contribution >= 4 is 126 Å². The number of nitrogens with zero attached hydrogens (tertiary/aromatic N) is 6. The molecule has 0 N–H and O–H groups in total. The molecule has 4 heterocycles. The molecule has 78 heavy (non-hydrogen) atoms. The van der Waals surface area contributed by atoms with E-state index in [9.17, 15) is 0 Å². The minimum absolute atomic E-state index is 0.0205. The fraction of sp³-hybridized carbons (Fsp3) is 0.229. The third-order valence-electron chi connectivity index (χ3n) is 19.6. The zero-order valence-electron chi connectivity index (χ0n) is 44.3. The molecule has 4 aliphatic carbocycles. The molecule has 4 fully saturated rings. The van der Waals surface area contributed by atoms with Gasteiger partial charge in [-0.1, -0.05) is 115 Å². The molecular weight excluding hydrogens is 946 g/mol. The van der Waals surface area contributed by atoms with Gasteiger partial charge in [0, 0.05) is 104 Å². The fourth-order valence-corrected chi connectivity index (χ4v) is 15.2. The van der Waals surface area contributed by atoms with Gasteiger partial charge in [-0.05, 0) is 201 Å². The highest BCUT2D eigenvalue weighted by Gasteiger charge is 2.50. The number of anilines is 14. The van der Waals surface area contributed by atoms with Crippen LogP contribution < -0.4 is 62.2 Å². The van der Waals surface area contributed by atoms with E-state index in [2.05, 4.69) is 236 Å². The summed E-state index contributed by atoms with van der Waals surface area (Å²) in [6.07, 6.45) is 15.4. The van der Waals surface area contributed by atoms with Crippen LogP contribution in [-0.2, 0) is 0 Å². The summed E-state index contributed by atoms with van der Waals surface area (Å²) < 4.78 is 0. The molecule has 0 radical (unpaired) electrons. The standard InChI is InChI=1S/C70H62B2N6/c1-5-21-51(22-6-1)75-61-39-15-13-37-57(61)71-59-45-60-64(46-63(59)77(53-25-9-3-10-26-53)67-43-55(41-65(75)69(67)71)73(47-29-17-30-47)48-31-18-32-48)78(54-27-11-4-12-28-54)68-44-56(74(49-33-19-34-49)50-35-20-36-50)42-66-70(68)72(60)58-38-14-16-40-62(58)76(66)52-23-7-2-8-24-52/h1-16,21-28,37-50H,17-20,29-36H2. The maximum atomic E-state index is 2.88. The topological polar surface area (TPSA) is 19.4 Å². The number of para-hydroxylation sites is 6. The summed E-state index contributed by atoms with van der Waals surface area (Å²) in [4.78, 5) is 16.3. The molecule has 0 spiro atoms. The molecule has 378 valence electrons. The Labute approximate surface area is 460 Å². The summed E-state index contributed by atoms with van der Waals surface area (Å²) in [6.45, 7) is -0.0409. The van der Waals surface area contributed by atoms with Crippen LogP contribution in [0.1, 0.15) is 77.0 Å². The first-order valence-electron chi connectivity index (χ1n) is 29.4. The zero-order valence-corrected chi connectivity index (χ0v) is 44.3. The van der Waals surface area contributed by atoms with Crippen molar-refractivity contribution in [3.05, 3.63) is 206 Å². The van der Waals surface area contributed by atoms with E-state index in [1.165, 1.54) is 189 Å². The van der Waals surface area contributed by atoms with Crippen molar-refractivity contribution in [2.75, 3.05) is 29.4 Å². The molecule has 9 aromatic carbocycles. The van der Waals surface area contributed by atoms with E-state index in [4.69, 9.17) is 0 Å². The van der Waals surface area contributed by atoms with Crippen LogP contribution in [0.3, 0.4) is 0 Å². The minimum Gasteiger partial charge on any atom is -0.365 e. The van der Waals surface area contributed by atoms with Gasteiger partial charge in [-0.2, -0.15) is 0 Å². The maximum absolute atomic E-state index is 2.88. The quantitative estimate of drug-likeness (QED) is 0.126. The Kier molecular flexibility index (Phi) is 10.2. The maximum Gasteiger partial charge on any atom is 0.252 e. The van der Waals surface area contributed by atoms with Gasteiger partial charge < -0.3 is 29.4 Å². The van der Waals surface area contributed by atoms with Crippen molar-refractivity contribution in [1.29, 1.82) is 0 Å². The van der Waals surface area contributed by atoms with E-state index in [0.717, 1.165) is 0 Å². The lowest BCUT2D eigenvalue weighted by Crippen LogP contribution is -2.65. The van der Waals surface area contributed by atoms with E-state index >= 15 is 0 Å². The monoisotopic (exact) mass is 1010 g/mol. The van der Waals surface area contributed by atoms with E-state index in [1.807, 2.05) is 0 Å². The Hall–Kier alpha value is -8.09. The lowest BCUT2D eigenvalue weighted by molar-refractivity contribution is 0.296. The zero-order chi connectivity index (χ0) is 51.0. The van der Waals surface area contributed by atoms with Gasteiger partial charge >= 0.3 is 0 Å². The van der Waals surface area contributed by atoms with E-state index < -0.39 is 0 Å². The van der Waals surface area contributed by atoms with E-state index in [-0.39, 0.29) is 13.4 Å². The highest BCUT2D eigenvalue weighted by Crippen LogP contribution is 2.52. The van der Waals surface area contributed by atoms with E-state index in [0.29, 0.717) is 24.2 Å². The molecule has 0 amide bonds. The summed E-state index contributed by atoms with van der Waals surface area (Å²) in [5.41, 5.74) is 25.8. The summed E-state index contributed by atoms with van der Waals surface area (Å²) in [5, 5.41) is 0. The van der Waals surface area contributed by atoms with Crippen LogP contribution in [0.4, 0.5) is 79.6 Å². The van der Waals surface area contributed by atoms with Crippen molar-refractivity contribution in [1.82, 2.24) is 0 Å². The van der Waals surface area contributed by atoms with Gasteiger partial charge in [-0.3, -0.25) is 0 Å². The summed E-state index contributed by atoms with van der Waals surface area (Å²) in [6, 6.07) is 81.9. The molecule has 9 aromatic rings. The van der Waals surface area contributed by atoms with Gasteiger partial charge in [0.2, 0.25) is 0 Å². The second kappa shape index (κ2) is 17.7. The van der Waals surface area contributed by atoms with Crippen LogP contribution in [0.15, 0.2) is 206 Å². The van der Waals surface area contributed by atoms with Crippen molar-refractivity contribution in [2.24, 2.45) is 0 Å². The number of fused-ring (bicyclic) bond motifs is 8. The molecule has 0 aromatic heterocycles. The van der Waals surface area contributed by atoms with Crippen molar-refractivity contribution in [3.63, 3.8) is 0 Å². The fourth-order valence-electron chi connectivity index (χ4n) is 15.2. The Morgan fingerprint density at radius 1 is 0.269 bits per heavy atom. The first kappa shape index (κ1) is 45.0. The smallest absolute Gasteiger partial charge is 0.252 e. The molecule has 8 aliphatic rings. The molecule has 8 heteroatoms. The van der Waals surface area contributed by atoms with Gasteiger partial charge in [0.25, 0.3) is 13.4 Å². The third kappa shape index (κ3) is 6.64. The second-order valence-corrected chi connectivity index (χ2v) is 23.6. The Morgan fingerprint density at radius 3 is 0.846 bits per heavy atom. The summed E-state index contributed by atoms with van der Waals surface area (Å²) in [7, 11) is 0. The van der Waals surface area contributed by atoms with Crippen LogP contribution in [0.25, 0.3) is 0 Å².